The molecule has 1 aliphatic rings. The molecule has 0 aliphatic heterocycles. The second-order valence-electron chi connectivity index (χ2n) is 1.99. The van der Waals surface area contributed by atoms with E-state index in [9.17, 15) is 4.79 Å². The molecule has 1 rings (SSSR count). The average molecular weight is 146 g/mol. The van der Waals surface area contributed by atoms with Gasteiger partial charge in [-0.15, -0.1) is 0 Å². The second kappa shape index (κ2) is 1.90. The quantitative estimate of drug-likeness (QED) is 0.252. The Labute approximate surface area is 56.4 Å². The number of carbonyl (C=O) groups excluding carboxylic acids is 1. The van der Waals surface area contributed by atoms with Crippen LogP contribution in [0.5, 0.6) is 0 Å². The lowest BCUT2D eigenvalue weighted by molar-refractivity contribution is -0.113. The molecule has 0 saturated heterocycles. The third-order valence-electron chi connectivity index (χ3n) is 1.33. The van der Waals surface area contributed by atoms with Crippen molar-refractivity contribution < 1.29 is 4.79 Å². The Morgan fingerprint density at radius 3 is 2.44 bits per heavy atom. The summed E-state index contributed by atoms with van der Waals surface area (Å²) in [5, 5.41) is 2.72. The number of halogens is 1. The van der Waals surface area contributed by atoms with Gasteiger partial charge in [0.1, 0.15) is 5.54 Å². The van der Waals surface area contributed by atoms with Crippen LogP contribution in [0.2, 0.25) is 0 Å². The fraction of sp³-hybridized carbons (Fsp3) is 0.750. The summed E-state index contributed by atoms with van der Waals surface area (Å²) in [6.07, 6.45) is 1.19. The smallest absolute Gasteiger partial charge is 0.233 e. The van der Waals surface area contributed by atoms with Crippen LogP contribution in [0.15, 0.2) is 5.11 Å². The Morgan fingerprint density at radius 1 is 1.78 bits per heavy atom. The van der Waals surface area contributed by atoms with Crippen molar-refractivity contribution in [3.8, 4) is 0 Å². The van der Waals surface area contributed by atoms with Crippen LogP contribution >= 0.6 is 11.6 Å². The highest BCUT2D eigenvalue weighted by Gasteiger charge is 2.48. The minimum Gasteiger partial charge on any atom is -0.281 e. The molecule has 5 heteroatoms. The van der Waals surface area contributed by atoms with E-state index < -0.39 is 10.8 Å². The van der Waals surface area contributed by atoms with E-state index in [0.717, 1.165) is 0 Å². The number of azide groups is 1. The number of hydrogen-bond acceptors (Lipinski definition) is 2. The largest absolute Gasteiger partial charge is 0.281 e. The summed E-state index contributed by atoms with van der Waals surface area (Å²) in [5.74, 6) is 0. The fourth-order valence-electron chi connectivity index (χ4n) is 0.540. The standard InChI is InChI=1S/C4H4ClN3O/c5-3(9)4(1-2-4)7-8-6/h1-2H2. The van der Waals surface area contributed by atoms with E-state index in [1.165, 1.54) is 0 Å². The number of carbonyl (C=O) groups is 1. The van der Waals surface area contributed by atoms with Crippen LogP contribution in [0.25, 0.3) is 10.4 Å². The van der Waals surface area contributed by atoms with Crippen LogP contribution in [0.4, 0.5) is 0 Å². The normalized spacial score (nSPS) is 20.1. The molecule has 4 nitrogen and oxygen atoms in total. The maximum atomic E-state index is 10.4. The summed E-state index contributed by atoms with van der Waals surface area (Å²) >= 11 is 5.11. The lowest BCUT2D eigenvalue weighted by Gasteiger charge is -1.94. The monoisotopic (exact) mass is 145 g/mol. The van der Waals surface area contributed by atoms with Crippen molar-refractivity contribution in [2.75, 3.05) is 0 Å². The van der Waals surface area contributed by atoms with Crippen LogP contribution in [-0.2, 0) is 4.79 Å². The van der Waals surface area contributed by atoms with Crippen molar-refractivity contribution in [1.82, 2.24) is 0 Å². The zero-order valence-electron chi connectivity index (χ0n) is 4.54. The van der Waals surface area contributed by atoms with E-state index in [2.05, 4.69) is 10.0 Å². The highest BCUT2D eigenvalue weighted by Crippen LogP contribution is 2.41. The highest BCUT2D eigenvalue weighted by atomic mass is 35.5. The van der Waals surface area contributed by atoms with Crippen LogP contribution < -0.4 is 0 Å². The van der Waals surface area contributed by atoms with E-state index >= 15 is 0 Å². The van der Waals surface area contributed by atoms with E-state index in [0.29, 0.717) is 12.8 Å². The van der Waals surface area contributed by atoms with Gasteiger partial charge < -0.3 is 0 Å². The van der Waals surface area contributed by atoms with Crippen molar-refractivity contribution in [2.45, 2.75) is 18.4 Å². The zero-order chi connectivity index (χ0) is 6.91. The summed E-state index contributed by atoms with van der Waals surface area (Å²) in [6.45, 7) is 0. The lowest BCUT2D eigenvalue weighted by Crippen LogP contribution is -2.12. The van der Waals surface area contributed by atoms with Gasteiger partial charge in [0.05, 0.1) is 0 Å². The van der Waals surface area contributed by atoms with Crippen molar-refractivity contribution in [1.29, 1.82) is 0 Å². The summed E-state index contributed by atoms with van der Waals surface area (Å²) < 4.78 is 0. The third kappa shape index (κ3) is 0.992. The lowest BCUT2D eigenvalue weighted by atomic mass is 10.3. The topological polar surface area (TPSA) is 65.8 Å². The Bertz CT molecular complexity index is 188. The predicted octanol–water partition coefficient (Wildman–Crippen LogP) is 1.59. The predicted molar refractivity (Wildman–Crippen MR) is 32.0 cm³/mol. The average Bonchev–Trinajstić information content (AvgIpc) is 2.49. The van der Waals surface area contributed by atoms with Crippen molar-refractivity contribution in [3.63, 3.8) is 0 Å². The highest BCUT2D eigenvalue weighted by molar-refractivity contribution is 6.66. The van der Waals surface area contributed by atoms with E-state index in [1.807, 2.05) is 0 Å². The Hall–Kier alpha value is -0.730. The molecule has 9 heavy (non-hydrogen) atoms. The molecule has 0 aromatic carbocycles. The van der Waals surface area contributed by atoms with Crippen molar-refractivity contribution in [3.05, 3.63) is 10.4 Å². The molecule has 0 heterocycles. The Morgan fingerprint density at radius 2 is 2.33 bits per heavy atom. The first-order chi connectivity index (χ1) is 4.21. The van der Waals surface area contributed by atoms with Crippen LogP contribution in [0, 0.1) is 0 Å². The van der Waals surface area contributed by atoms with Gasteiger partial charge in [0, 0.05) is 4.91 Å². The second-order valence-corrected chi connectivity index (χ2v) is 2.34. The summed E-state index contributed by atoms with van der Waals surface area (Å²) in [5.41, 5.74) is 7.07. The first kappa shape index (κ1) is 6.39. The summed E-state index contributed by atoms with van der Waals surface area (Å²) in [7, 11) is 0. The molecule has 0 atom stereocenters. The van der Waals surface area contributed by atoms with Gasteiger partial charge in [-0.1, -0.05) is 5.11 Å². The van der Waals surface area contributed by atoms with Crippen LogP contribution in [-0.4, -0.2) is 10.8 Å². The summed E-state index contributed by atoms with van der Waals surface area (Å²) in [6, 6.07) is 0. The molecule has 1 fully saturated rings. The molecule has 0 aromatic heterocycles. The van der Waals surface area contributed by atoms with E-state index in [1.54, 1.807) is 0 Å². The van der Waals surface area contributed by atoms with Gasteiger partial charge in [-0.25, -0.2) is 0 Å². The molecule has 0 amide bonds. The maximum absolute atomic E-state index is 10.4. The van der Waals surface area contributed by atoms with Crippen LogP contribution in [0.3, 0.4) is 0 Å². The Balaban J connectivity index is 2.74. The van der Waals surface area contributed by atoms with E-state index in [4.69, 9.17) is 17.1 Å². The first-order valence-corrected chi connectivity index (χ1v) is 2.85. The molecule has 0 spiro atoms. The first-order valence-electron chi connectivity index (χ1n) is 2.47. The van der Waals surface area contributed by atoms with Gasteiger partial charge in [0.25, 0.3) is 0 Å². The molecule has 0 unspecified atom stereocenters. The van der Waals surface area contributed by atoms with Gasteiger partial charge in [0.15, 0.2) is 0 Å². The number of rotatable bonds is 2. The number of nitrogens with zero attached hydrogens (tertiary/aromatic N) is 3. The van der Waals surface area contributed by atoms with Gasteiger partial charge in [-0.3, -0.25) is 4.79 Å². The molecular formula is C4H4ClN3O. The molecule has 1 aliphatic carbocycles. The Kier molecular flexibility index (Phi) is 1.35. The van der Waals surface area contributed by atoms with Crippen LogP contribution in [0.1, 0.15) is 12.8 Å². The SMILES string of the molecule is [N-]=[N+]=NC1(C(=O)Cl)CC1. The molecule has 1 saturated carbocycles. The minimum absolute atomic E-state index is 0.541. The van der Waals surface area contributed by atoms with E-state index in [-0.39, 0.29) is 0 Å². The zero-order valence-corrected chi connectivity index (χ0v) is 5.30. The van der Waals surface area contributed by atoms with Gasteiger partial charge >= 0.3 is 0 Å². The fourth-order valence-corrected chi connectivity index (χ4v) is 0.767. The summed E-state index contributed by atoms with van der Waals surface area (Å²) in [4.78, 5) is 12.9. The molecule has 0 N–H and O–H groups in total. The number of hydrogen-bond donors (Lipinski definition) is 0. The maximum Gasteiger partial charge on any atom is 0.233 e. The van der Waals surface area contributed by atoms with Gasteiger partial charge in [-0.2, -0.15) is 0 Å². The van der Waals surface area contributed by atoms with Gasteiger partial charge in [0.2, 0.25) is 5.24 Å². The molecular weight excluding hydrogens is 142 g/mol. The van der Waals surface area contributed by atoms with Crippen molar-refractivity contribution in [2.24, 2.45) is 5.11 Å². The molecule has 0 radical (unpaired) electrons. The minimum atomic E-state index is -0.865. The molecule has 48 valence electrons. The molecule has 0 bridgehead atoms. The molecule has 0 aromatic rings. The third-order valence-corrected chi connectivity index (χ3v) is 1.68. The van der Waals surface area contributed by atoms with Crippen molar-refractivity contribution >= 4 is 16.8 Å². The van der Waals surface area contributed by atoms with Gasteiger partial charge in [-0.05, 0) is 30.0 Å².